The maximum absolute atomic E-state index is 13.4. The van der Waals surface area contributed by atoms with Gasteiger partial charge in [0.1, 0.15) is 17.3 Å². The van der Waals surface area contributed by atoms with Gasteiger partial charge in [0, 0.05) is 18.4 Å². The van der Waals surface area contributed by atoms with Crippen LogP contribution in [0.3, 0.4) is 0 Å². The minimum atomic E-state index is -0.552. The van der Waals surface area contributed by atoms with Gasteiger partial charge in [-0.25, -0.2) is 13.5 Å². The Morgan fingerprint density at radius 1 is 1.31 bits per heavy atom. The van der Waals surface area contributed by atoms with Gasteiger partial charge in [-0.05, 0) is 12.1 Å². The second-order valence-corrected chi connectivity index (χ2v) is 3.57. The molecule has 0 N–H and O–H groups in total. The standard InChI is InChI=1S/C10H8ClF2N3/c11-4-3-8-6-16(15-14-8)10-5-7(12)1-2-9(10)13/h1-2,5-6H,3-4H2. The number of aromatic nitrogens is 3. The lowest BCUT2D eigenvalue weighted by Gasteiger charge is -2.01. The van der Waals surface area contributed by atoms with Crippen LogP contribution in [0.25, 0.3) is 5.69 Å². The Morgan fingerprint density at radius 3 is 2.88 bits per heavy atom. The molecule has 0 bridgehead atoms. The van der Waals surface area contributed by atoms with Crippen LogP contribution in [0.5, 0.6) is 0 Å². The molecule has 0 aliphatic heterocycles. The van der Waals surface area contributed by atoms with Crippen LogP contribution >= 0.6 is 11.6 Å². The minimum Gasteiger partial charge on any atom is -0.217 e. The van der Waals surface area contributed by atoms with Gasteiger partial charge in [-0.15, -0.1) is 16.7 Å². The first-order chi connectivity index (χ1) is 7.70. The van der Waals surface area contributed by atoms with Crippen LogP contribution in [0.2, 0.25) is 0 Å². The summed E-state index contributed by atoms with van der Waals surface area (Å²) in [6.45, 7) is 0. The zero-order valence-electron chi connectivity index (χ0n) is 8.20. The van der Waals surface area contributed by atoms with Crippen molar-refractivity contribution in [2.24, 2.45) is 0 Å². The van der Waals surface area contributed by atoms with E-state index >= 15 is 0 Å². The summed E-state index contributed by atoms with van der Waals surface area (Å²) in [4.78, 5) is 0. The topological polar surface area (TPSA) is 30.7 Å². The van der Waals surface area contributed by atoms with E-state index < -0.39 is 11.6 Å². The Kier molecular flexibility index (Phi) is 3.14. The van der Waals surface area contributed by atoms with E-state index in [9.17, 15) is 8.78 Å². The van der Waals surface area contributed by atoms with Gasteiger partial charge in [-0.1, -0.05) is 5.21 Å². The van der Waals surface area contributed by atoms with Crippen LogP contribution < -0.4 is 0 Å². The van der Waals surface area contributed by atoms with Crippen molar-refractivity contribution < 1.29 is 8.78 Å². The fourth-order valence-electron chi connectivity index (χ4n) is 1.29. The molecule has 2 rings (SSSR count). The van der Waals surface area contributed by atoms with Crippen molar-refractivity contribution in [2.75, 3.05) is 5.88 Å². The molecule has 0 radical (unpaired) electrons. The van der Waals surface area contributed by atoms with Crippen LogP contribution in [-0.4, -0.2) is 20.9 Å². The third-order valence-electron chi connectivity index (χ3n) is 2.05. The third kappa shape index (κ3) is 2.19. The van der Waals surface area contributed by atoms with Crippen LogP contribution in [0, 0.1) is 11.6 Å². The van der Waals surface area contributed by atoms with Gasteiger partial charge in [0.25, 0.3) is 0 Å². The normalized spacial score (nSPS) is 10.7. The molecule has 1 aromatic heterocycles. The Morgan fingerprint density at radius 2 is 2.12 bits per heavy atom. The van der Waals surface area contributed by atoms with E-state index in [4.69, 9.17) is 11.6 Å². The predicted octanol–water partition coefficient (Wildman–Crippen LogP) is 2.33. The minimum absolute atomic E-state index is 0.0355. The lowest BCUT2D eigenvalue weighted by atomic mass is 10.3. The first-order valence-electron chi connectivity index (χ1n) is 4.63. The smallest absolute Gasteiger partial charge is 0.149 e. The molecule has 6 heteroatoms. The average molecular weight is 244 g/mol. The molecule has 0 saturated heterocycles. The van der Waals surface area contributed by atoms with Gasteiger partial charge in [0.05, 0.1) is 11.9 Å². The Bertz CT molecular complexity index is 499. The van der Waals surface area contributed by atoms with E-state index in [1.54, 1.807) is 0 Å². The third-order valence-corrected chi connectivity index (χ3v) is 2.24. The molecule has 3 nitrogen and oxygen atoms in total. The summed E-state index contributed by atoms with van der Waals surface area (Å²) in [6.07, 6.45) is 2.07. The Hall–Kier alpha value is -1.49. The highest BCUT2D eigenvalue weighted by molar-refractivity contribution is 6.17. The fourth-order valence-corrected chi connectivity index (χ4v) is 1.48. The second-order valence-electron chi connectivity index (χ2n) is 3.19. The van der Waals surface area contributed by atoms with Gasteiger partial charge >= 0.3 is 0 Å². The van der Waals surface area contributed by atoms with Crippen molar-refractivity contribution in [3.8, 4) is 5.69 Å². The van der Waals surface area contributed by atoms with E-state index in [-0.39, 0.29) is 5.69 Å². The van der Waals surface area contributed by atoms with Gasteiger partial charge in [0.2, 0.25) is 0 Å². The SMILES string of the molecule is Fc1ccc(F)c(-n2cc(CCCl)nn2)c1. The van der Waals surface area contributed by atoms with Crippen molar-refractivity contribution in [3.63, 3.8) is 0 Å². The number of aryl methyl sites for hydroxylation is 1. The van der Waals surface area contributed by atoms with E-state index in [1.807, 2.05) is 0 Å². The van der Waals surface area contributed by atoms with Gasteiger partial charge < -0.3 is 0 Å². The zero-order chi connectivity index (χ0) is 11.5. The number of nitrogens with zero attached hydrogens (tertiary/aromatic N) is 3. The van der Waals surface area contributed by atoms with Gasteiger partial charge in [0.15, 0.2) is 0 Å². The molecule has 1 aromatic carbocycles. The molecule has 0 amide bonds. The first-order valence-corrected chi connectivity index (χ1v) is 5.17. The van der Waals surface area contributed by atoms with Crippen LogP contribution in [0.1, 0.15) is 5.69 Å². The monoisotopic (exact) mass is 243 g/mol. The van der Waals surface area contributed by atoms with Crippen LogP contribution in [0.4, 0.5) is 8.78 Å². The van der Waals surface area contributed by atoms with Crippen molar-refractivity contribution in [1.82, 2.24) is 15.0 Å². The second kappa shape index (κ2) is 4.57. The number of rotatable bonds is 3. The molecule has 0 saturated carbocycles. The molecule has 0 unspecified atom stereocenters. The predicted molar refractivity (Wildman–Crippen MR) is 55.7 cm³/mol. The van der Waals surface area contributed by atoms with Crippen molar-refractivity contribution in [3.05, 3.63) is 41.7 Å². The molecular formula is C10H8ClF2N3. The number of alkyl halides is 1. The Labute approximate surface area is 95.6 Å². The van der Waals surface area contributed by atoms with Gasteiger partial charge in [-0.2, -0.15) is 0 Å². The summed E-state index contributed by atoms with van der Waals surface area (Å²) in [6, 6.07) is 3.16. The van der Waals surface area contributed by atoms with Gasteiger partial charge in [-0.3, -0.25) is 0 Å². The molecular weight excluding hydrogens is 236 g/mol. The summed E-state index contributed by atoms with van der Waals surface area (Å²) < 4.78 is 27.5. The molecule has 84 valence electrons. The van der Waals surface area contributed by atoms with Crippen molar-refractivity contribution in [1.29, 1.82) is 0 Å². The highest BCUT2D eigenvalue weighted by atomic mass is 35.5. The molecule has 0 atom stereocenters. The molecule has 1 heterocycles. The van der Waals surface area contributed by atoms with E-state index in [0.717, 1.165) is 18.2 Å². The zero-order valence-corrected chi connectivity index (χ0v) is 8.96. The highest BCUT2D eigenvalue weighted by Gasteiger charge is 2.08. The van der Waals surface area contributed by atoms with E-state index in [2.05, 4.69) is 10.3 Å². The molecule has 0 spiro atoms. The summed E-state index contributed by atoms with van der Waals surface area (Å²) in [5, 5.41) is 7.50. The number of hydrogen-bond acceptors (Lipinski definition) is 2. The maximum atomic E-state index is 13.4. The molecule has 16 heavy (non-hydrogen) atoms. The van der Waals surface area contributed by atoms with Crippen molar-refractivity contribution in [2.45, 2.75) is 6.42 Å². The molecule has 0 aliphatic rings. The molecule has 0 aliphatic carbocycles. The van der Waals surface area contributed by atoms with E-state index in [1.165, 1.54) is 10.9 Å². The van der Waals surface area contributed by atoms with Crippen molar-refractivity contribution >= 4 is 11.6 Å². The highest BCUT2D eigenvalue weighted by Crippen LogP contribution is 2.14. The lowest BCUT2D eigenvalue weighted by molar-refractivity contribution is 0.584. The lowest BCUT2D eigenvalue weighted by Crippen LogP contribution is -1.99. The van der Waals surface area contributed by atoms with E-state index in [0.29, 0.717) is 18.0 Å². The average Bonchev–Trinajstić information content (AvgIpc) is 2.71. The first kappa shape index (κ1) is 11.0. The number of halogens is 3. The number of benzene rings is 1. The summed E-state index contributed by atoms with van der Waals surface area (Å²) >= 11 is 5.54. The van der Waals surface area contributed by atoms with Crippen LogP contribution in [-0.2, 0) is 6.42 Å². The largest absolute Gasteiger partial charge is 0.217 e. The summed E-state index contributed by atoms with van der Waals surface area (Å²) in [7, 11) is 0. The number of hydrogen-bond donors (Lipinski definition) is 0. The quantitative estimate of drug-likeness (QED) is 0.775. The van der Waals surface area contributed by atoms with Crippen LogP contribution in [0.15, 0.2) is 24.4 Å². The Balaban J connectivity index is 2.38. The molecule has 2 aromatic rings. The fraction of sp³-hybridized carbons (Fsp3) is 0.200. The summed E-state index contributed by atoms with van der Waals surface area (Å²) in [5.74, 6) is -0.667. The summed E-state index contributed by atoms with van der Waals surface area (Å²) in [5.41, 5.74) is 0.673. The molecule has 0 fully saturated rings. The maximum Gasteiger partial charge on any atom is 0.149 e.